The highest BCUT2D eigenvalue weighted by Crippen LogP contribution is 2.39. The fourth-order valence-electron chi connectivity index (χ4n) is 3.83. The van der Waals surface area contributed by atoms with Crippen LogP contribution in [-0.2, 0) is 0 Å². The average Bonchev–Trinajstić information content (AvgIpc) is 2.93. The van der Waals surface area contributed by atoms with E-state index in [4.69, 9.17) is 0 Å². The van der Waals surface area contributed by atoms with Crippen LogP contribution in [-0.4, -0.2) is 30.1 Å². The number of nitrogens with zero attached hydrogens (tertiary/aromatic N) is 1. The van der Waals surface area contributed by atoms with E-state index >= 15 is 0 Å². The summed E-state index contributed by atoms with van der Waals surface area (Å²) < 4.78 is 0. The molecule has 1 aliphatic heterocycles. The number of thiophene rings is 1. The lowest BCUT2D eigenvalue weighted by atomic mass is 9.78. The molecule has 1 unspecified atom stereocenters. The molecule has 1 aromatic heterocycles. The van der Waals surface area contributed by atoms with Crippen molar-refractivity contribution in [2.45, 2.75) is 50.6 Å². The van der Waals surface area contributed by atoms with Gasteiger partial charge in [0.1, 0.15) is 0 Å². The fourth-order valence-corrected chi connectivity index (χ4v) is 4.58. The molecule has 1 N–H and O–H groups in total. The summed E-state index contributed by atoms with van der Waals surface area (Å²) in [6.07, 6.45) is 7.02. The van der Waals surface area contributed by atoms with Crippen LogP contribution in [0.3, 0.4) is 0 Å². The van der Waals surface area contributed by atoms with Crippen LogP contribution in [0.15, 0.2) is 16.8 Å². The SMILES string of the molecule is CC(c1ccsc1)N1CCNCC12CCCCC2. The maximum atomic E-state index is 3.64. The van der Waals surface area contributed by atoms with Gasteiger partial charge in [-0.05, 0) is 42.2 Å². The largest absolute Gasteiger partial charge is 0.314 e. The summed E-state index contributed by atoms with van der Waals surface area (Å²) in [6.45, 7) is 5.94. The van der Waals surface area contributed by atoms with Crippen molar-refractivity contribution >= 4 is 11.3 Å². The molecule has 3 heteroatoms. The van der Waals surface area contributed by atoms with Gasteiger partial charge in [0.15, 0.2) is 0 Å². The zero-order valence-electron chi connectivity index (χ0n) is 11.3. The summed E-state index contributed by atoms with van der Waals surface area (Å²) in [5, 5.41) is 8.17. The second-order valence-corrected chi connectivity index (χ2v) is 6.67. The number of hydrogen-bond acceptors (Lipinski definition) is 3. The smallest absolute Gasteiger partial charge is 0.0340 e. The maximum absolute atomic E-state index is 3.64. The quantitative estimate of drug-likeness (QED) is 0.880. The minimum absolute atomic E-state index is 0.442. The second kappa shape index (κ2) is 5.32. The summed E-state index contributed by atoms with van der Waals surface area (Å²) >= 11 is 1.82. The first-order chi connectivity index (χ1) is 8.82. The fraction of sp³-hybridized carbons (Fsp3) is 0.733. The van der Waals surface area contributed by atoms with E-state index in [1.54, 1.807) is 0 Å². The normalized spacial score (nSPS) is 26.3. The molecule has 18 heavy (non-hydrogen) atoms. The van der Waals surface area contributed by atoms with Crippen LogP contribution in [0.4, 0.5) is 0 Å². The average molecular weight is 264 g/mol. The van der Waals surface area contributed by atoms with E-state index in [0.29, 0.717) is 11.6 Å². The van der Waals surface area contributed by atoms with Gasteiger partial charge in [-0.15, -0.1) is 0 Å². The number of rotatable bonds is 2. The van der Waals surface area contributed by atoms with Crippen molar-refractivity contribution in [1.29, 1.82) is 0 Å². The van der Waals surface area contributed by atoms with Crippen LogP contribution in [0, 0.1) is 0 Å². The molecule has 0 aromatic carbocycles. The molecule has 1 saturated heterocycles. The molecule has 2 aliphatic rings. The summed E-state index contributed by atoms with van der Waals surface area (Å²) in [7, 11) is 0. The van der Waals surface area contributed by atoms with Gasteiger partial charge in [-0.1, -0.05) is 19.3 Å². The number of nitrogens with one attached hydrogen (secondary N) is 1. The van der Waals surface area contributed by atoms with Crippen molar-refractivity contribution in [2.75, 3.05) is 19.6 Å². The van der Waals surface area contributed by atoms with E-state index in [1.165, 1.54) is 50.8 Å². The molecule has 1 atom stereocenters. The monoisotopic (exact) mass is 264 g/mol. The van der Waals surface area contributed by atoms with Crippen LogP contribution in [0.25, 0.3) is 0 Å². The Bertz CT molecular complexity index is 360. The van der Waals surface area contributed by atoms with Crippen LogP contribution >= 0.6 is 11.3 Å². The predicted molar refractivity (Wildman–Crippen MR) is 78.1 cm³/mol. The third-order valence-corrected chi connectivity index (χ3v) is 5.57. The zero-order valence-corrected chi connectivity index (χ0v) is 12.1. The summed E-state index contributed by atoms with van der Waals surface area (Å²) in [4.78, 5) is 2.80. The van der Waals surface area contributed by atoms with Gasteiger partial charge in [-0.3, -0.25) is 4.90 Å². The molecule has 0 radical (unpaired) electrons. The third-order valence-electron chi connectivity index (χ3n) is 4.87. The Morgan fingerprint density at radius 3 is 2.89 bits per heavy atom. The molecule has 1 saturated carbocycles. The molecular formula is C15H24N2S. The highest BCUT2D eigenvalue weighted by Gasteiger charge is 2.41. The van der Waals surface area contributed by atoms with E-state index in [0.717, 1.165) is 6.54 Å². The van der Waals surface area contributed by atoms with Crippen LogP contribution in [0.1, 0.15) is 50.6 Å². The van der Waals surface area contributed by atoms with E-state index in [1.807, 2.05) is 11.3 Å². The molecule has 1 spiro atoms. The van der Waals surface area contributed by atoms with E-state index < -0.39 is 0 Å². The summed E-state index contributed by atoms with van der Waals surface area (Å²) in [6, 6.07) is 2.88. The van der Waals surface area contributed by atoms with Crippen molar-refractivity contribution < 1.29 is 0 Å². The Morgan fingerprint density at radius 1 is 1.33 bits per heavy atom. The van der Waals surface area contributed by atoms with Gasteiger partial charge < -0.3 is 5.32 Å². The Morgan fingerprint density at radius 2 is 2.17 bits per heavy atom. The van der Waals surface area contributed by atoms with Gasteiger partial charge in [-0.2, -0.15) is 11.3 Å². The summed E-state index contributed by atoms with van der Waals surface area (Å²) in [5.74, 6) is 0. The Labute approximate surface area is 114 Å². The lowest BCUT2D eigenvalue weighted by Gasteiger charge is -2.52. The molecule has 100 valence electrons. The first-order valence-corrected chi connectivity index (χ1v) is 8.26. The van der Waals surface area contributed by atoms with Gasteiger partial charge in [0.05, 0.1) is 0 Å². The van der Waals surface area contributed by atoms with Gasteiger partial charge in [-0.25, -0.2) is 0 Å². The minimum atomic E-state index is 0.442. The molecule has 1 aromatic rings. The first-order valence-electron chi connectivity index (χ1n) is 7.31. The lowest BCUT2D eigenvalue weighted by molar-refractivity contribution is -0.00266. The van der Waals surface area contributed by atoms with Crippen LogP contribution < -0.4 is 5.32 Å². The van der Waals surface area contributed by atoms with Crippen molar-refractivity contribution in [3.8, 4) is 0 Å². The standard InChI is InChI=1S/C15H24N2S/c1-13(14-5-10-18-11-14)17-9-8-16-12-15(17)6-3-2-4-7-15/h5,10-11,13,16H,2-4,6-9,12H2,1H3. The maximum Gasteiger partial charge on any atom is 0.0340 e. The van der Waals surface area contributed by atoms with Gasteiger partial charge in [0.2, 0.25) is 0 Å². The lowest BCUT2D eigenvalue weighted by Crippen LogP contribution is -2.62. The second-order valence-electron chi connectivity index (χ2n) is 5.89. The number of hydrogen-bond donors (Lipinski definition) is 1. The minimum Gasteiger partial charge on any atom is -0.314 e. The number of piperazine rings is 1. The predicted octanol–water partition coefficient (Wildman–Crippen LogP) is 3.42. The van der Waals surface area contributed by atoms with Crippen molar-refractivity contribution in [2.24, 2.45) is 0 Å². The van der Waals surface area contributed by atoms with Crippen molar-refractivity contribution in [1.82, 2.24) is 10.2 Å². The van der Waals surface area contributed by atoms with Gasteiger partial charge >= 0.3 is 0 Å². The third kappa shape index (κ3) is 2.24. The van der Waals surface area contributed by atoms with E-state index in [9.17, 15) is 0 Å². The van der Waals surface area contributed by atoms with E-state index in [-0.39, 0.29) is 0 Å². The van der Waals surface area contributed by atoms with Crippen molar-refractivity contribution in [3.63, 3.8) is 0 Å². The molecular weight excluding hydrogens is 240 g/mol. The van der Waals surface area contributed by atoms with Gasteiger partial charge in [0.25, 0.3) is 0 Å². The molecule has 2 nitrogen and oxygen atoms in total. The first kappa shape index (κ1) is 12.6. The molecule has 0 amide bonds. The summed E-state index contributed by atoms with van der Waals surface area (Å²) in [5.41, 5.74) is 1.95. The van der Waals surface area contributed by atoms with Gasteiger partial charge in [0, 0.05) is 31.2 Å². The highest BCUT2D eigenvalue weighted by molar-refractivity contribution is 7.07. The molecule has 2 fully saturated rings. The highest BCUT2D eigenvalue weighted by atomic mass is 32.1. The molecule has 3 rings (SSSR count). The van der Waals surface area contributed by atoms with Crippen LogP contribution in [0.5, 0.6) is 0 Å². The molecule has 2 heterocycles. The molecule has 1 aliphatic carbocycles. The zero-order chi connectivity index (χ0) is 12.4. The topological polar surface area (TPSA) is 15.3 Å². The van der Waals surface area contributed by atoms with Crippen molar-refractivity contribution in [3.05, 3.63) is 22.4 Å². The van der Waals surface area contributed by atoms with Crippen LogP contribution in [0.2, 0.25) is 0 Å². The molecule has 0 bridgehead atoms. The Kier molecular flexibility index (Phi) is 3.73. The Hall–Kier alpha value is -0.380. The van der Waals surface area contributed by atoms with E-state index in [2.05, 4.69) is 34.0 Å². The Balaban J connectivity index is 1.83.